The van der Waals surface area contributed by atoms with Crippen molar-refractivity contribution in [2.75, 3.05) is 13.1 Å². The highest BCUT2D eigenvalue weighted by molar-refractivity contribution is 5.89. The first kappa shape index (κ1) is 24.3. The number of benzene rings is 1. The zero-order valence-electron chi connectivity index (χ0n) is 18.5. The van der Waals surface area contributed by atoms with Crippen molar-refractivity contribution in [3.8, 4) is 11.3 Å². The van der Waals surface area contributed by atoms with Crippen molar-refractivity contribution in [1.29, 1.82) is 0 Å². The fraction of sp³-hybridized carbons (Fsp3) is 0.458. The van der Waals surface area contributed by atoms with Gasteiger partial charge in [-0.25, -0.2) is 9.59 Å². The van der Waals surface area contributed by atoms with Gasteiger partial charge in [0.1, 0.15) is 0 Å². The van der Waals surface area contributed by atoms with E-state index in [-0.39, 0.29) is 0 Å². The van der Waals surface area contributed by atoms with Gasteiger partial charge in [-0.3, -0.25) is 0 Å². The second-order valence-corrected chi connectivity index (χ2v) is 7.72. The standard InChI is InChI=1S/C20H28N2O.C4H4O4/c1-4-11-22(12-5-2)17-10-9-16-7-6-8-18(19(16)13-17)20-15(3)14-21-23-20;5-3(6)1-2-4(7)8/h6-8,14,17H,4-5,9-13H2,1-3H3;1-2H,(H,5,6)(H,7,8)/b;2-1-. The minimum Gasteiger partial charge on any atom is -0.478 e. The molecular formula is C24H32N2O5. The van der Waals surface area contributed by atoms with Crippen LogP contribution in [0.1, 0.15) is 49.8 Å². The van der Waals surface area contributed by atoms with Crippen LogP contribution >= 0.6 is 0 Å². The Labute approximate surface area is 183 Å². The lowest BCUT2D eigenvalue weighted by molar-refractivity contribution is -0.134. The zero-order valence-corrected chi connectivity index (χ0v) is 18.5. The van der Waals surface area contributed by atoms with E-state index in [0.717, 1.165) is 17.7 Å². The normalized spacial score (nSPS) is 15.4. The topological polar surface area (TPSA) is 104 Å². The van der Waals surface area contributed by atoms with Crippen molar-refractivity contribution >= 4 is 11.9 Å². The van der Waals surface area contributed by atoms with Crippen molar-refractivity contribution in [2.45, 2.75) is 58.9 Å². The summed E-state index contributed by atoms with van der Waals surface area (Å²) < 4.78 is 5.54. The number of aliphatic carboxylic acids is 2. The van der Waals surface area contributed by atoms with Crippen LogP contribution in [0.3, 0.4) is 0 Å². The van der Waals surface area contributed by atoms with Crippen LogP contribution in [0, 0.1) is 6.92 Å². The molecule has 0 fully saturated rings. The van der Waals surface area contributed by atoms with Crippen LogP contribution in [0.25, 0.3) is 11.3 Å². The predicted octanol–water partition coefficient (Wildman–Crippen LogP) is 4.34. The van der Waals surface area contributed by atoms with Gasteiger partial charge in [0.05, 0.1) is 6.20 Å². The summed E-state index contributed by atoms with van der Waals surface area (Å²) in [6.07, 6.45) is 8.96. The van der Waals surface area contributed by atoms with Crippen LogP contribution in [-0.2, 0) is 22.4 Å². The highest BCUT2D eigenvalue weighted by atomic mass is 16.5. The molecule has 0 saturated heterocycles. The summed E-state index contributed by atoms with van der Waals surface area (Å²) in [5.41, 5.74) is 5.33. The third-order valence-corrected chi connectivity index (χ3v) is 5.36. The summed E-state index contributed by atoms with van der Waals surface area (Å²) >= 11 is 0. The second-order valence-electron chi connectivity index (χ2n) is 7.72. The Morgan fingerprint density at radius 3 is 2.32 bits per heavy atom. The van der Waals surface area contributed by atoms with Gasteiger partial charge in [0.25, 0.3) is 0 Å². The molecule has 1 unspecified atom stereocenters. The van der Waals surface area contributed by atoms with E-state index in [1.807, 2.05) is 6.20 Å². The molecule has 0 saturated carbocycles. The van der Waals surface area contributed by atoms with E-state index < -0.39 is 11.9 Å². The number of aryl methyl sites for hydroxylation is 2. The number of hydrogen-bond donors (Lipinski definition) is 2. The van der Waals surface area contributed by atoms with Crippen molar-refractivity contribution in [1.82, 2.24) is 10.1 Å². The first-order valence-corrected chi connectivity index (χ1v) is 10.8. The van der Waals surface area contributed by atoms with E-state index in [9.17, 15) is 9.59 Å². The molecule has 7 heteroatoms. The van der Waals surface area contributed by atoms with Gasteiger partial charge < -0.3 is 19.6 Å². The van der Waals surface area contributed by atoms with E-state index >= 15 is 0 Å². The molecule has 2 aromatic rings. The fourth-order valence-electron chi connectivity index (χ4n) is 4.04. The minimum atomic E-state index is -1.26. The molecular weight excluding hydrogens is 396 g/mol. The molecule has 1 aliphatic carbocycles. The van der Waals surface area contributed by atoms with E-state index in [1.54, 1.807) is 0 Å². The molecule has 7 nitrogen and oxygen atoms in total. The zero-order chi connectivity index (χ0) is 22.8. The summed E-state index contributed by atoms with van der Waals surface area (Å²) in [6.45, 7) is 9.05. The summed E-state index contributed by atoms with van der Waals surface area (Å²) in [4.78, 5) is 21.8. The van der Waals surface area contributed by atoms with Crippen molar-refractivity contribution in [2.24, 2.45) is 0 Å². The first-order chi connectivity index (χ1) is 14.9. The lowest BCUT2D eigenvalue weighted by Gasteiger charge is -2.35. The summed E-state index contributed by atoms with van der Waals surface area (Å²) in [5.74, 6) is -1.57. The number of fused-ring (bicyclic) bond motifs is 1. The van der Waals surface area contributed by atoms with Crippen molar-refractivity contribution in [3.63, 3.8) is 0 Å². The van der Waals surface area contributed by atoms with Crippen LogP contribution < -0.4 is 0 Å². The summed E-state index contributed by atoms with van der Waals surface area (Å²) in [5, 5.41) is 19.6. The quantitative estimate of drug-likeness (QED) is 0.603. The molecule has 0 amide bonds. The molecule has 1 aliphatic rings. The van der Waals surface area contributed by atoms with Gasteiger partial charge in [-0.2, -0.15) is 0 Å². The monoisotopic (exact) mass is 428 g/mol. The number of carboxylic acids is 2. The Balaban J connectivity index is 0.000000366. The molecule has 2 N–H and O–H groups in total. The molecule has 0 radical (unpaired) electrons. The Hall–Kier alpha value is -2.93. The Morgan fingerprint density at radius 1 is 1.16 bits per heavy atom. The molecule has 1 aromatic carbocycles. The molecule has 1 heterocycles. The predicted molar refractivity (Wildman–Crippen MR) is 119 cm³/mol. The van der Waals surface area contributed by atoms with Crippen LogP contribution in [-0.4, -0.2) is 51.3 Å². The summed E-state index contributed by atoms with van der Waals surface area (Å²) in [6, 6.07) is 7.29. The van der Waals surface area contributed by atoms with Gasteiger partial charge in [0, 0.05) is 29.3 Å². The Bertz CT molecular complexity index is 881. The number of carbonyl (C=O) groups is 2. The maximum atomic E-state index is 9.55. The number of hydrogen-bond acceptors (Lipinski definition) is 5. The van der Waals surface area contributed by atoms with E-state index in [4.69, 9.17) is 14.7 Å². The average Bonchev–Trinajstić information content (AvgIpc) is 3.17. The van der Waals surface area contributed by atoms with Crippen LogP contribution in [0.4, 0.5) is 0 Å². The smallest absolute Gasteiger partial charge is 0.328 e. The number of rotatable bonds is 8. The van der Waals surface area contributed by atoms with Gasteiger partial charge in [-0.1, -0.05) is 37.2 Å². The van der Waals surface area contributed by atoms with Gasteiger partial charge in [0.2, 0.25) is 0 Å². The lowest BCUT2D eigenvalue weighted by atomic mass is 9.83. The molecule has 168 valence electrons. The Morgan fingerprint density at radius 2 is 1.81 bits per heavy atom. The maximum absolute atomic E-state index is 9.55. The van der Waals surface area contributed by atoms with Crippen LogP contribution in [0.2, 0.25) is 0 Å². The van der Waals surface area contributed by atoms with Gasteiger partial charge in [-0.15, -0.1) is 0 Å². The van der Waals surface area contributed by atoms with Gasteiger partial charge in [0.15, 0.2) is 5.76 Å². The van der Waals surface area contributed by atoms with Gasteiger partial charge in [-0.05, 0) is 63.2 Å². The fourth-order valence-corrected chi connectivity index (χ4v) is 4.04. The van der Waals surface area contributed by atoms with Gasteiger partial charge >= 0.3 is 11.9 Å². The molecule has 0 spiro atoms. The molecule has 1 aromatic heterocycles. The van der Waals surface area contributed by atoms with E-state index in [1.165, 1.54) is 55.5 Å². The molecule has 1 atom stereocenters. The number of nitrogens with zero attached hydrogens (tertiary/aromatic N) is 2. The van der Waals surface area contributed by atoms with E-state index in [0.29, 0.717) is 18.2 Å². The number of carboxylic acid groups (broad SMARTS) is 2. The molecule has 31 heavy (non-hydrogen) atoms. The summed E-state index contributed by atoms with van der Waals surface area (Å²) in [7, 11) is 0. The largest absolute Gasteiger partial charge is 0.478 e. The highest BCUT2D eigenvalue weighted by Crippen LogP contribution is 2.34. The third kappa shape index (κ3) is 7.07. The van der Waals surface area contributed by atoms with Crippen LogP contribution in [0.15, 0.2) is 41.1 Å². The average molecular weight is 429 g/mol. The maximum Gasteiger partial charge on any atom is 0.328 e. The Kier molecular flexibility index (Phi) is 9.46. The first-order valence-electron chi connectivity index (χ1n) is 10.8. The highest BCUT2D eigenvalue weighted by Gasteiger charge is 2.26. The van der Waals surface area contributed by atoms with Crippen molar-refractivity contribution in [3.05, 3.63) is 53.2 Å². The third-order valence-electron chi connectivity index (χ3n) is 5.36. The SMILES string of the molecule is CCCN(CCC)C1CCc2cccc(-c3oncc3C)c2C1.O=C(O)/C=C\C(=O)O. The number of aromatic nitrogens is 1. The molecule has 3 rings (SSSR count). The minimum absolute atomic E-state index is 0.558. The second kappa shape index (κ2) is 12.1. The molecule has 0 bridgehead atoms. The molecule has 0 aliphatic heterocycles. The van der Waals surface area contributed by atoms with Crippen molar-refractivity contribution < 1.29 is 24.3 Å². The lowest BCUT2D eigenvalue weighted by Crippen LogP contribution is -2.40. The van der Waals surface area contributed by atoms with Crippen LogP contribution in [0.5, 0.6) is 0 Å². The van der Waals surface area contributed by atoms with E-state index in [2.05, 4.69) is 49.0 Å².